The van der Waals surface area contributed by atoms with Gasteiger partial charge in [0, 0.05) is 64.8 Å². The van der Waals surface area contributed by atoms with Crippen LogP contribution in [0, 0.1) is 18.6 Å². The first-order valence-corrected chi connectivity index (χ1v) is 17.5. The quantitative estimate of drug-likeness (QED) is 0.0942. The van der Waals surface area contributed by atoms with Crippen molar-refractivity contribution in [3.05, 3.63) is 135 Å². The second-order valence-electron chi connectivity index (χ2n) is 12.5. The van der Waals surface area contributed by atoms with Crippen LogP contribution in [0.3, 0.4) is 0 Å². The van der Waals surface area contributed by atoms with Crippen LogP contribution in [0.5, 0.6) is 0 Å². The van der Waals surface area contributed by atoms with Crippen LogP contribution >= 0.6 is 11.8 Å². The van der Waals surface area contributed by atoms with Crippen molar-refractivity contribution in [2.24, 2.45) is 0 Å². The molecule has 1 aliphatic heterocycles. The third kappa shape index (κ3) is 9.17. The number of likely N-dealkylation sites (tertiary alicyclic amines) is 1. The molecule has 6 rings (SSSR count). The fourth-order valence-corrected chi connectivity index (χ4v) is 6.92. The number of hydrogen-bond donors (Lipinski definition) is 0. The maximum absolute atomic E-state index is 15.0. The summed E-state index contributed by atoms with van der Waals surface area (Å²) in [7, 11) is 1.25. The minimum absolute atomic E-state index is 0.0350. The molecule has 1 amide bonds. The molecule has 2 heterocycles. The smallest absolute Gasteiger partial charge is 0.383 e. The van der Waals surface area contributed by atoms with Gasteiger partial charge in [0.1, 0.15) is 6.54 Å². The molecule has 0 radical (unpaired) electrons. The van der Waals surface area contributed by atoms with E-state index in [4.69, 9.17) is 15.7 Å². The zero-order chi connectivity index (χ0) is 44.8. The van der Waals surface area contributed by atoms with Crippen LogP contribution < -0.4 is 5.43 Å². The van der Waals surface area contributed by atoms with Gasteiger partial charge in [-0.3, -0.25) is 9.59 Å². The van der Waals surface area contributed by atoms with Crippen molar-refractivity contribution in [3.63, 3.8) is 0 Å². The number of thioether (sulfide) groups is 1. The summed E-state index contributed by atoms with van der Waals surface area (Å²) < 4.78 is 144. The van der Waals surface area contributed by atoms with Gasteiger partial charge in [-0.2, -0.15) is 13.2 Å². The number of aromatic nitrogens is 1. The summed E-state index contributed by atoms with van der Waals surface area (Å²) in [5.74, 6) is -3.50. The minimum atomic E-state index is -4.51. The van der Waals surface area contributed by atoms with Crippen molar-refractivity contribution in [2.45, 2.75) is 55.8 Å². The number of alkyl halides is 3. The van der Waals surface area contributed by atoms with Gasteiger partial charge < -0.3 is 19.1 Å². The Morgan fingerprint density at radius 1 is 1.00 bits per heavy atom. The third-order valence-corrected chi connectivity index (χ3v) is 9.82. The van der Waals surface area contributed by atoms with Crippen molar-refractivity contribution < 1.29 is 42.4 Å². The molecule has 0 saturated carbocycles. The number of carbonyl (C=O) groups excluding carboxylic acids is 1. The van der Waals surface area contributed by atoms with Gasteiger partial charge >= 0.3 is 6.18 Å². The molecule has 53 heavy (non-hydrogen) atoms. The molecule has 5 aromatic rings. The lowest BCUT2D eigenvalue weighted by atomic mass is 10.00. The Morgan fingerprint density at radius 2 is 1.68 bits per heavy atom. The monoisotopic (exact) mass is 757 g/mol. The van der Waals surface area contributed by atoms with Crippen LogP contribution in [0.15, 0.2) is 101 Å². The maximum Gasteiger partial charge on any atom is 0.416 e. The molecule has 0 bridgehead atoms. The van der Waals surface area contributed by atoms with Gasteiger partial charge in [-0.05, 0) is 72.3 Å². The van der Waals surface area contributed by atoms with E-state index in [-0.39, 0.29) is 35.9 Å². The Hall–Kier alpha value is -4.52. The van der Waals surface area contributed by atoms with Crippen LogP contribution in [0.2, 0.25) is 0 Å². The highest BCUT2D eigenvalue weighted by Crippen LogP contribution is 2.32. The number of rotatable bonds is 12. The van der Waals surface area contributed by atoms with E-state index in [0.717, 1.165) is 34.9 Å². The standard InChI is InChI=1S/C41H40F5N3O3S/c1-27-6-15-34-36(22-27)49(39(23-37(34)50)53-26-31-4-3-5-35(42)40(31)43)25-38(51)48(33-16-18-47(19-17-33)20-21-52-2)24-28-7-9-29(10-8-28)30-11-13-32(14-12-30)41(44,45)46/h3-15,22-23,33H,16-21,24-26H2,1-2H3/i6D,15D,21D2,22D,23D,26D2. The van der Waals surface area contributed by atoms with E-state index in [1.807, 2.05) is 4.90 Å². The summed E-state index contributed by atoms with van der Waals surface area (Å²) in [6, 6.07) is 11.4. The molecule has 1 saturated heterocycles. The second kappa shape index (κ2) is 16.7. The van der Waals surface area contributed by atoms with E-state index >= 15 is 4.39 Å². The lowest BCUT2D eigenvalue weighted by Gasteiger charge is -2.39. The SMILES string of the molecule is [2H]c1c(C)c([2H])c2c(c1[2H])c(=O)c([2H])c(SC([2H])([2H])c1cccc(F)c1F)n2CC(=O)N(Cc1ccc(-c2ccc(C(F)(F)F)cc2)cc1)C1CCN(CC([2H])([2H])OC)CC1. The molecule has 1 aromatic heterocycles. The Balaban J connectivity index is 1.43. The Labute approximate surface area is 320 Å². The molecule has 6 nitrogen and oxygen atoms in total. The number of methoxy groups -OCH3 is 1. The van der Waals surface area contributed by atoms with E-state index in [1.165, 1.54) is 31.1 Å². The summed E-state index contributed by atoms with van der Waals surface area (Å²) in [5, 5.41) is -1.03. The van der Waals surface area contributed by atoms with E-state index in [9.17, 15) is 27.2 Å². The first-order chi connectivity index (χ1) is 28.5. The number of piperidine rings is 1. The molecule has 1 aliphatic rings. The van der Waals surface area contributed by atoms with Gasteiger partial charge in [0.2, 0.25) is 5.91 Å². The van der Waals surface area contributed by atoms with E-state index in [0.29, 0.717) is 42.6 Å². The van der Waals surface area contributed by atoms with Crippen LogP contribution in [0.25, 0.3) is 22.0 Å². The Morgan fingerprint density at radius 3 is 2.34 bits per heavy atom. The van der Waals surface area contributed by atoms with Gasteiger partial charge in [0.15, 0.2) is 17.1 Å². The summed E-state index contributed by atoms with van der Waals surface area (Å²) in [5.41, 5.74) is -4.19. The maximum atomic E-state index is 15.0. The number of pyridine rings is 1. The third-order valence-electron chi connectivity index (χ3n) is 8.99. The van der Waals surface area contributed by atoms with Gasteiger partial charge in [-0.1, -0.05) is 54.6 Å². The highest BCUT2D eigenvalue weighted by molar-refractivity contribution is 7.98. The van der Waals surface area contributed by atoms with Crippen LogP contribution in [0.4, 0.5) is 22.0 Å². The minimum Gasteiger partial charge on any atom is -0.383 e. The predicted molar refractivity (Wildman–Crippen MR) is 198 cm³/mol. The molecular weight excluding hydrogens is 710 g/mol. The fraction of sp³-hybridized carbons (Fsp3) is 0.317. The Bertz CT molecular complexity index is 2520. The molecule has 278 valence electrons. The van der Waals surface area contributed by atoms with Gasteiger partial charge in [0.25, 0.3) is 0 Å². The van der Waals surface area contributed by atoms with E-state index in [2.05, 4.69) is 0 Å². The topological polar surface area (TPSA) is 54.8 Å². The van der Waals surface area contributed by atoms with E-state index < -0.39 is 99.7 Å². The number of amides is 1. The van der Waals surface area contributed by atoms with Crippen LogP contribution in [-0.2, 0) is 34.5 Å². The average Bonchev–Trinajstić information content (AvgIpc) is 3.22. The number of halogens is 5. The summed E-state index contributed by atoms with van der Waals surface area (Å²) in [6.45, 7) is -0.676. The van der Waals surface area contributed by atoms with Crippen LogP contribution in [-0.4, -0.2) is 59.6 Å². The summed E-state index contributed by atoms with van der Waals surface area (Å²) in [6.07, 6.45) is -3.80. The van der Waals surface area contributed by atoms with Crippen molar-refractivity contribution in [3.8, 4) is 11.1 Å². The number of ether oxygens (including phenoxy) is 1. The van der Waals surface area contributed by atoms with Crippen molar-refractivity contribution in [1.82, 2.24) is 14.4 Å². The van der Waals surface area contributed by atoms with Crippen molar-refractivity contribution in [1.29, 1.82) is 0 Å². The molecule has 0 atom stereocenters. The van der Waals surface area contributed by atoms with Gasteiger partial charge in [-0.25, -0.2) is 8.78 Å². The number of nitrogens with zero attached hydrogens (tertiary/aromatic N) is 3. The van der Waals surface area contributed by atoms with Crippen molar-refractivity contribution >= 4 is 28.6 Å². The van der Waals surface area contributed by atoms with Gasteiger partial charge in [0.05, 0.1) is 30.9 Å². The number of hydrogen-bond acceptors (Lipinski definition) is 5. The number of fused-ring (bicyclic) bond motifs is 1. The zero-order valence-corrected chi connectivity index (χ0v) is 29.6. The van der Waals surface area contributed by atoms with E-state index in [1.54, 1.807) is 24.3 Å². The molecule has 1 fully saturated rings. The molecule has 0 unspecified atom stereocenters. The second-order valence-corrected chi connectivity index (χ2v) is 13.3. The molecule has 0 N–H and O–H groups in total. The molecule has 12 heteroatoms. The summed E-state index contributed by atoms with van der Waals surface area (Å²) >= 11 is 0.155. The average molecular weight is 758 g/mol. The first kappa shape index (κ1) is 28.9. The van der Waals surface area contributed by atoms with Crippen LogP contribution in [0.1, 0.15) is 46.1 Å². The molecule has 0 aliphatic carbocycles. The molecular formula is C41H40F5N3O3S. The molecule has 0 spiro atoms. The van der Waals surface area contributed by atoms with Crippen molar-refractivity contribution in [2.75, 3.05) is 33.3 Å². The van der Waals surface area contributed by atoms with Gasteiger partial charge in [-0.15, -0.1) is 11.8 Å². The highest BCUT2D eigenvalue weighted by Gasteiger charge is 2.31. The lowest BCUT2D eigenvalue weighted by Crippen LogP contribution is -2.48. The Kier molecular flexibility index (Phi) is 9.09. The highest BCUT2D eigenvalue weighted by atomic mass is 32.2. The zero-order valence-electron chi connectivity index (χ0n) is 36.7. The lowest BCUT2D eigenvalue weighted by molar-refractivity contribution is -0.137. The largest absolute Gasteiger partial charge is 0.416 e. The number of benzene rings is 4. The predicted octanol–water partition coefficient (Wildman–Crippen LogP) is 8.71. The fourth-order valence-electron chi connectivity index (χ4n) is 6.14. The summed E-state index contributed by atoms with van der Waals surface area (Å²) in [4.78, 5) is 32.0. The molecule has 4 aromatic carbocycles. The normalized spacial score (nSPS) is 16.9. The number of carbonyl (C=O) groups is 1. The first-order valence-electron chi connectivity index (χ1n) is 20.6.